The maximum atomic E-state index is 10.7. The van der Waals surface area contributed by atoms with Gasteiger partial charge in [0.25, 0.3) is 0 Å². The van der Waals surface area contributed by atoms with Crippen LogP contribution in [-0.2, 0) is 0 Å². The van der Waals surface area contributed by atoms with Gasteiger partial charge >= 0.3 is 74.7 Å². The molecule has 11 heavy (non-hydrogen) atoms. The Labute approximate surface area is 74.8 Å². The summed E-state index contributed by atoms with van der Waals surface area (Å²) in [5.74, 6) is 0. The van der Waals surface area contributed by atoms with Gasteiger partial charge in [-0.25, -0.2) is 0 Å². The molecule has 1 saturated heterocycles. The Balaban J connectivity index is 2.32. The molecule has 0 spiro atoms. The SMILES string of the molecule is O=C(O)I1CCCCCCC1. The van der Waals surface area contributed by atoms with E-state index in [0.717, 1.165) is 8.86 Å². The van der Waals surface area contributed by atoms with E-state index < -0.39 is 23.8 Å². The van der Waals surface area contributed by atoms with E-state index >= 15 is 0 Å². The van der Waals surface area contributed by atoms with Crippen LogP contribution in [-0.4, -0.2) is 17.9 Å². The molecule has 0 aromatic carbocycles. The summed E-state index contributed by atoms with van der Waals surface area (Å²) >= 11 is -1.52. The van der Waals surface area contributed by atoms with Crippen molar-refractivity contribution >= 4 is 23.8 Å². The molecule has 1 fully saturated rings. The second kappa shape index (κ2) is 4.95. The zero-order chi connectivity index (χ0) is 8.10. The maximum absolute atomic E-state index is 10.7. The van der Waals surface area contributed by atoms with Crippen LogP contribution in [0.25, 0.3) is 0 Å². The molecular weight excluding hydrogens is 255 g/mol. The zero-order valence-electron chi connectivity index (χ0n) is 6.68. The van der Waals surface area contributed by atoms with Gasteiger partial charge < -0.3 is 0 Å². The van der Waals surface area contributed by atoms with Crippen molar-refractivity contribution in [3.8, 4) is 0 Å². The van der Waals surface area contributed by atoms with Crippen molar-refractivity contribution in [2.75, 3.05) is 8.86 Å². The van der Waals surface area contributed by atoms with Crippen molar-refractivity contribution in [3.05, 3.63) is 0 Å². The minimum atomic E-state index is -1.52. The molecule has 2 nitrogen and oxygen atoms in total. The number of hydrogen-bond donors (Lipinski definition) is 1. The molecule has 0 aliphatic carbocycles. The summed E-state index contributed by atoms with van der Waals surface area (Å²) < 4.78 is 1.68. The Morgan fingerprint density at radius 3 is 1.91 bits per heavy atom. The average Bonchev–Trinajstić information content (AvgIpc) is 1.84. The number of hydrogen-bond acceptors (Lipinski definition) is 1. The third kappa shape index (κ3) is 3.40. The van der Waals surface area contributed by atoms with E-state index in [2.05, 4.69) is 0 Å². The molecule has 1 aliphatic heterocycles. The van der Waals surface area contributed by atoms with Crippen molar-refractivity contribution in [1.29, 1.82) is 0 Å². The van der Waals surface area contributed by atoms with Crippen LogP contribution < -0.4 is 0 Å². The fourth-order valence-corrected chi connectivity index (χ4v) is 5.68. The first kappa shape index (κ1) is 9.29. The summed E-state index contributed by atoms with van der Waals surface area (Å²) in [6, 6.07) is 0. The summed E-state index contributed by atoms with van der Waals surface area (Å²) in [7, 11) is 0. The van der Waals surface area contributed by atoms with E-state index in [0.29, 0.717) is 0 Å². The number of alkyl halides is 2. The van der Waals surface area contributed by atoms with Crippen LogP contribution in [0.15, 0.2) is 0 Å². The Morgan fingerprint density at radius 2 is 1.45 bits per heavy atom. The molecular formula is C8H15IO2. The first-order chi connectivity index (χ1) is 5.30. The molecule has 1 rings (SSSR count). The van der Waals surface area contributed by atoms with E-state index in [1.165, 1.54) is 32.1 Å². The van der Waals surface area contributed by atoms with E-state index in [1.807, 2.05) is 0 Å². The number of carbonyl (C=O) groups is 1. The van der Waals surface area contributed by atoms with Gasteiger partial charge in [0.15, 0.2) is 0 Å². The van der Waals surface area contributed by atoms with Gasteiger partial charge in [0.05, 0.1) is 0 Å². The quantitative estimate of drug-likeness (QED) is 0.451. The van der Waals surface area contributed by atoms with E-state index in [9.17, 15) is 4.79 Å². The van der Waals surface area contributed by atoms with E-state index in [-0.39, 0.29) is 0 Å². The summed E-state index contributed by atoms with van der Waals surface area (Å²) in [5, 5.41) is 8.82. The molecule has 0 aromatic heterocycles. The van der Waals surface area contributed by atoms with Crippen LogP contribution in [0.5, 0.6) is 0 Å². The second-order valence-electron chi connectivity index (χ2n) is 2.85. The monoisotopic (exact) mass is 270 g/mol. The van der Waals surface area contributed by atoms with Gasteiger partial charge in [0.1, 0.15) is 0 Å². The van der Waals surface area contributed by atoms with Gasteiger partial charge in [0.2, 0.25) is 0 Å². The van der Waals surface area contributed by atoms with Crippen LogP contribution in [0.1, 0.15) is 32.1 Å². The van der Waals surface area contributed by atoms with Crippen molar-refractivity contribution in [1.82, 2.24) is 0 Å². The summed E-state index contributed by atoms with van der Waals surface area (Å²) in [6.45, 7) is 0. The molecule has 0 aromatic rings. The van der Waals surface area contributed by atoms with Crippen molar-refractivity contribution in [2.45, 2.75) is 32.1 Å². The zero-order valence-corrected chi connectivity index (χ0v) is 8.84. The van der Waals surface area contributed by atoms with Crippen molar-refractivity contribution in [2.24, 2.45) is 0 Å². The molecule has 0 atom stereocenters. The molecule has 66 valence electrons. The standard InChI is InChI=1S/C8H15IO2/c10-8(11)9-6-4-2-1-3-5-7-9/h1-7H2,(H,10,11). The van der Waals surface area contributed by atoms with Crippen LogP contribution in [0, 0.1) is 0 Å². The van der Waals surface area contributed by atoms with Crippen LogP contribution in [0.4, 0.5) is 4.79 Å². The fourth-order valence-electron chi connectivity index (χ4n) is 1.30. The first-order valence-corrected chi connectivity index (χ1v) is 8.28. The molecule has 1 aliphatic rings. The molecule has 0 amide bonds. The number of carboxylic acid groups (broad SMARTS) is 1. The van der Waals surface area contributed by atoms with Gasteiger partial charge in [-0.3, -0.25) is 0 Å². The topological polar surface area (TPSA) is 37.3 Å². The molecule has 0 bridgehead atoms. The van der Waals surface area contributed by atoms with Crippen molar-refractivity contribution < 1.29 is 9.90 Å². The van der Waals surface area contributed by atoms with Crippen molar-refractivity contribution in [3.63, 3.8) is 0 Å². The average molecular weight is 270 g/mol. The Hall–Kier alpha value is 0.200. The van der Waals surface area contributed by atoms with Gasteiger partial charge in [-0.2, -0.15) is 0 Å². The molecule has 1 heterocycles. The molecule has 1 N–H and O–H groups in total. The van der Waals surface area contributed by atoms with Gasteiger partial charge in [-0.15, -0.1) is 0 Å². The predicted octanol–water partition coefficient (Wildman–Crippen LogP) is 3.13. The van der Waals surface area contributed by atoms with Gasteiger partial charge in [-0.05, 0) is 0 Å². The fraction of sp³-hybridized carbons (Fsp3) is 0.875. The summed E-state index contributed by atoms with van der Waals surface area (Å²) in [6.07, 6.45) is 6.21. The van der Waals surface area contributed by atoms with E-state index in [4.69, 9.17) is 5.11 Å². The molecule has 3 heteroatoms. The van der Waals surface area contributed by atoms with Crippen LogP contribution in [0.3, 0.4) is 0 Å². The van der Waals surface area contributed by atoms with Gasteiger partial charge in [-0.1, -0.05) is 0 Å². The van der Waals surface area contributed by atoms with Crippen LogP contribution >= 0.6 is 19.8 Å². The van der Waals surface area contributed by atoms with Crippen LogP contribution in [0.2, 0.25) is 0 Å². The molecule has 0 saturated carbocycles. The third-order valence-electron chi connectivity index (χ3n) is 1.95. The second-order valence-corrected chi connectivity index (χ2v) is 8.54. The normalized spacial score (nSPS) is 23.8. The third-order valence-corrected chi connectivity index (χ3v) is 7.39. The Morgan fingerprint density at radius 1 is 1.00 bits per heavy atom. The Bertz CT molecular complexity index is 128. The number of halogens is 1. The Kier molecular flexibility index (Phi) is 4.18. The predicted molar refractivity (Wildman–Crippen MR) is 54.9 cm³/mol. The molecule has 0 radical (unpaired) electrons. The summed E-state index contributed by atoms with van der Waals surface area (Å²) in [4.78, 5) is 10.7. The number of rotatable bonds is 1. The summed E-state index contributed by atoms with van der Waals surface area (Å²) in [5.41, 5.74) is 0. The first-order valence-electron chi connectivity index (χ1n) is 4.15. The van der Waals surface area contributed by atoms with Gasteiger partial charge in [0, 0.05) is 0 Å². The van der Waals surface area contributed by atoms with E-state index in [1.54, 1.807) is 0 Å². The molecule has 0 unspecified atom stereocenters. The minimum absolute atomic E-state index is 0.434.